The van der Waals surface area contributed by atoms with Crippen LogP contribution in [0.2, 0.25) is 0 Å². The van der Waals surface area contributed by atoms with E-state index in [4.69, 9.17) is 0 Å². The molecule has 0 spiro atoms. The van der Waals surface area contributed by atoms with Crippen LogP contribution < -0.4 is 0 Å². The van der Waals surface area contributed by atoms with Gasteiger partial charge in [0.2, 0.25) is 0 Å². The average Bonchev–Trinajstić information content (AvgIpc) is 2.26. The molecule has 0 aromatic rings. The molecule has 1 aliphatic rings. The number of hydrogen-bond acceptors (Lipinski definition) is 0. The van der Waals surface area contributed by atoms with Crippen molar-refractivity contribution in [3.8, 4) is 0 Å². The van der Waals surface area contributed by atoms with Gasteiger partial charge in [0, 0.05) is 5.33 Å². The van der Waals surface area contributed by atoms with Gasteiger partial charge in [-0.15, -0.1) is 0 Å². The van der Waals surface area contributed by atoms with E-state index in [2.05, 4.69) is 35.9 Å². The maximum absolute atomic E-state index is 3.64. The first-order valence-corrected chi connectivity index (χ1v) is 7.16. The molecule has 1 atom stereocenters. The first-order chi connectivity index (χ1) is 6.77. The molecule has 14 heavy (non-hydrogen) atoms. The second kappa shape index (κ2) is 6.66. The second-order valence-electron chi connectivity index (χ2n) is 4.60. The van der Waals surface area contributed by atoms with Crippen LogP contribution in [0.5, 0.6) is 0 Å². The zero-order valence-corrected chi connectivity index (χ0v) is 11.1. The van der Waals surface area contributed by atoms with Crippen LogP contribution in [-0.4, -0.2) is 5.33 Å². The van der Waals surface area contributed by atoms with Crippen molar-refractivity contribution in [3.63, 3.8) is 0 Å². The third-order valence-corrected chi connectivity index (χ3v) is 4.07. The van der Waals surface area contributed by atoms with E-state index in [9.17, 15) is 0 Å². The molecule has 0 aliphatic heterocycles. The van der Waals surface area contributed by atoms with Gasteiger partial charge in [-0.1, -0.05) is 67.1 Å². The zero-order chi connectivity index (χ0) is 10.4. The molecule has 0 radical (unpaired) electrons. The molecule has 82 valence electrons. The molecule has 1 saturated carbocycles. The minimum Gasteiger partial charge on any atom is -0.0880 e. The quantitative estimate of drug-likeness (QED) is 0.496. The zero-order valence-electron chi connectivity index (χ0n) is 9.56. The van der Waals surface area contributed by atoms with E-state index in [0.717, 1.165) is 17.2 Å². The Balaban J connectivity index is 2.54. The lowest BCUT2D eigenvalue weighted by molar-refractivity contribution is 0.401. The van der Waals surface area contributed by atoms with E-state index in [1.807, 2.05) is 0 Å². The van der Waals surface area contributed by atoms with Crippen LogP contribution in [0.3, 0.4) is 0 Å². The molecule has 0 nitrogen and oxygen atoms in total. The molecule has 0 aromatic carbocycles. The summed E-state index contributed by atoms with van der Waals surface area (Å²) in [5.41, 5.74) is 1.67. The summed E-state index contributed by atoms with van der Waals surface area (Å²) in [5.74, 6) is 1.64. The molecule has 1 unspecified atom stereocenters. The van der Waals surface area contributed by atoms with E-state index in [1.54, 1.807) is 5.57 Å². The monoisotopic (exact) mass is 258 g/mol. The van der Waals surface area contributed by atoms with Crippen LogP contribution in [-0.2, 0) is 0 Å². The Kier molecular flexibility index (Phi) is 5.84. The largest absolute Gasteiger partial charge is 0.0880 e. The summed E-state index contributed by atoms with van der Waals surface area (Å²) in [4.78, 5) is 0. The number of allylic oxidation sites excluding steroid dienone is 2. The maximum Gasteiger partial charge on any atom is 0.0244 e. The van der Waals surface area contributed by atoms with Gasteiger partial charge in [0.05, 0.1) is 0 Å². The number of alkyl halides is 1. The lowest BCUT2D eigenvalue weighted by Gasteiger charge is -2.24. The summed E-state index contributed by atoms with van der Waals surface area (Å²) >= 11 is 3.64. The van der Waals surface area contributed by atoms with Crippen LogP contribution in [0.1, 0.15) is 52.4 Å². The van der Waals surface area contributed by atoms with Gasteiger partial charge >= 0.3 is 0 Å². The summed E-state index contributed by atoms with van der Waals surface area (Å²) in [5, 5.41) is 1.09. The third kappa shape index (κ3) is 3.76. The SMILES string of the molecule is CCC(C)C=C(CBr)C1CCCCC1. The normalized spacial score (nSPS) is 22.4. The van der Waals surface area contributed by atoms with E-state index >= 15 is 0 Å². The van der Waals surface area contributed by atoms with Crippen LogP contribution in [0.4, 0.5) is 0 Å². The molecule has 0 amide bonds. The van der Waals surface area contributed by atoms with Crippen molar-refractivity contribution in [1.29, 1.82) is 0 Å². The smallest absolute Gasteiger partial charge is 0.0244 e. The first-order valence-electron chi connectivity index (χ1n) is 6.04. The topological polar surface area (TPSA) is 0 Å². The molecule has 1 rings (SSSR count). The number of hydrogen-bond donors (Lipinski definition) is 0. The molecule has 1 aliphatic carbocycles. The van der Waals surface area contributed by atoms with Crippen LogP contribution in [0, 0.1) is 11.8 Å². The van der Waals surface area contributed by atoms with Crippen LogP contribution >= 0.6 is 15.9 Å². The Morgan fingerprint density at radius 1 is 1.36 bits per heavy atom. The summed E-state index contributed by atoms with van der Waals surface area (Å²) in [6.45, 7) is 4.60. The molecule has 1 heteroatoms. The summed E-state index contributed by atoms with van der Waals surface area (Å²) in [7, 11) is 0. The Labute approximate surface area is 97.3 Å². The van der Waals surface area contributed by atoms with Gasteiger partial charge in [-0.05, 0) is 24.7 Å². The van der Waals surface area contributed by atoms with Crippen LogP contribution in [0.25, 0.3) is 0 Å². The van der Waals surface area contributed by atoms with Gasteiger partial charge in [-0.2, -0.15) is 0 Å². The number of halogens is 1. The highest BCUT2D eigenvalue weighted by atomic mass is 79.9. The van der Waals surface area contributed by atoms with Crippen molar-refractivity contribution >= 4 is 15.9 Å². The van der Waals surface area contributed by atoms with Crippen LogP contribution in [0.15, 0.2) is 11.6 Å². The molecule has 0 bridgehead atoms. The third-order valence-electron chi connectivity index (χ3n) is 3.43. The molecule has 0 heterocycles. The van der Waals surface area contributed by atoms with Gasteiger partial charge < -0.3 is 0 Å². The molecular formula is C13H23Br. The Bertz CT molecular complexity index is 178. The highest BCUT2D eigenvalue weighted by Gasteiger charge is 2.17. The lowest BCUT2D eigenvalue weighted by Crippen LogP contribution is -2.11. The van der Waals surface area contributed by atoms with Gasteiger partial charge in [0.25, 0.3) is 0 Å². The van der Waals surface area contributed by atoms with Gasteiger partial charge in [-0.25, -0.2) is 0 Å². The molecule has 0 N–H and O–H groups in total. The minimum absolute atomic E-state index is 0.754. The molecular weight excluding hydrogens is 236 g/mol. The van der Waals surface area contributed by atoms with Crippen molar-refractivity contribution in [2.45, 2.75) is 52.4 Å². The Morgan fingerprint density at radius 3 is 2.50 bits per heavy atom. The summed E-state index contributed by atoms with van der Waals surface area (Å²) in [6, 6.07) is 0. The van der Waals surface area contributed by atoms with Crippen molar-refractivity contribution in [1.82, 2.24) is 0 Å². The summed E-state index contributed by atoms with van der Waals surface area (Å²) in [6.07, 6.45) is 11.0. The summed E-state index contributed by atoms with van der Waals surface area (Å²) < 4.78 is 0. The van der Waals surface area contributed by atoms with Crippen molar-refractivity contribution < 1.29 is 0 Å². The fourth-order valence-electron chi connectivity index (χ4n) is 2.25. The van der Waals surface area contributed by atoms with Gasteiger partial charge in [-0.3, -0.25) is 0 Å². The highest BCUT2D eigenvalue weighted by Crippen LogP contribution is 2.31. The minimum atomic E-state index is 0.754. The molecule has 0 saturated heterocycles. The average molecular weight is 259 g/mol. The van der Waals surface area contributed by atoms with Crippen molar-refractivity contribution in [2.24, 2.45) is 11.8 Å². The van der Waals surface area contributed by atoms with E-state index in [-0.39, 0.29) is 0 Å². The molecule has 1 fully saturated rings. The lowest BCUT2D eigenvalue weighted by atomic mass is 9.83. The second-order valence-corrected chi connectivity index (χ2v) is 5.16. The van der Waals surface area contributed by atoms with E-state index in [1.165, 1.54) is 38.5 Å². The van der Waals surface area contributed by atoms with E-state index < -0.39 is 0 Å². The van der Waals surface area contributed by atoms with Crippen molar-refractivity contribution in [2.75, 3.05) is 5.33 Å². The fourth-order valence-corrected chi connectivity index (χ4v) is 2.89. The van der Waals surface area contributed by atoms with Gasteiger partial charge in [0.15, 0.2) is 0 Å². The Morgan fingerprint density at radius 2 is 2.00 bits per heavy atom. The molecule has 0 aromatic heterocycles. The fraction of sp³-hybridized carbons (Fsp3) is 0.846. The van der Waals surface area contributed by atoms with Crippen molar-refractivity contribution in [3.05, 3.63) is 11.6 Å². The predicted molar refractivity (Wildman–Crippen MR) is 67.9 cm³/mol. The maximum atomic E-state index is 3.64. The predicted octanol–water partition coefficient (Wildman–Crippen LogP) is 4.93. The highest BCUT2D eigenvalue weighted by molar-refractivity contribution is 9.09. The number of rotatable bonds is 4. The van der Waals surface area contributed by atoms with Gasteiger partial charge in [0.1, 0.15) is 0 Å². The Hall–Kier alpha value is 0.220. The van der Waals surface area contributed by atoms with E-state index in [0.29, 0.717) is 0 Å². The standard InChI is InChI=1S/C13H23Br/c1-3-11(2)9-13(10-14)12-7-5-4-6-8-12/h9,11-12H,3-8,10H2,1-2H3. The first kappa shape index (κ1) is 12.3.